The Morgan fingerprint density at radius 1 is 1.21 bits per heavy atom. The summed E-state index contributed by atoms with van der Waals surface area (Å²) < 4.78 is 14.1. The van der Waals surface area contributed by atoms with E-state index in [1.165, 1.54) is 19.1 Å². The highest BCUT2D eigenvalue weighted by Crippen LogP contribution is 2.30. The van der Waals surface area contributed by atoms with Gasteiger partial charge in [-0.1, -0.05) is 22.0 Å². The molecule has 0 bridgehead atoms. The predicted octanol–water partition coefficient (Wildman–Crippen LogP) is 4.56. The van der Waals surface area contributed by atoms with E-state index in [2.05, 4.69) is 15.9 Å². The number of ketones is 1. The molecule has 0 atom stereocenters. The van der Waals surface area contributed by atoms with Gasteiger partial charge in [-0.25, -0.2) is 4.39 Å². The third-order valence-electron chi connectivity index (χ3n) is 2.90. The highest BCUT2D eigenvalue weighted by Gasteiger charge is 2.13. The lowest BCUT2D eigenvalue weighted by Crippen LogP contribution is -2.13. The van der Waals surface area contributed by atoms with Crippen LogP contribution < -0.4 is 4.90 Å². The van der Waals surface area contributed by atoms with Crippen molar-refractivity contribution in [1.82, 2.24) is 0 Å². The van der Waals surface area contributed by atoms with E-state index in [1.807, 2.05) is 19.2 Å². The fourth-order valence-electron chi connectivity index (χ4n) is 1.90. The minimum Gasteiger partial charge on any atom is -0.344 e. The largest absolute Gasteiger partial charge is 0.344 e. The maximum absolute atomic E-state index is 13.3. The minimum absolute atomic E-state index is 0.0225. The van der Waals surface area contributed by atoms with Gasteiger partial charge in [-0.2, -0.15) is 0 Å². The van der Waals surface area contributed by atoms with Crippen LogP contribution in [0.2, 0.25) is 0 Å². The first-order valence-corrected chi connectivity index (χ1v) is 6.58. The first-order valence-electron chi connectivity index (χ1n) is 5.79. The molecule has 19 heavy (non-hydrogen) atoms. The Balaban J connectivity index is 2.51. The summed E-state index contributed by atoms with van der Waals surface area (Å²) >= 11 is 3.39. The fourth-order valence-corrected chi connectivity index (χ4v) is 2.25. The van der Waals surface area contributed by atoms with Crippen molar-refractivity contribution in [3.05, 3.63) is 58.3 Å². The zero-order chi connectivity index (χ0) is 14.0. The summed E-state index contributed by atoms with van der Waals surface area (Å²) in [5.74, 6) is -0.325. The van der Waals surface area contributed by atoms with E-state index in [-0.39, 0.29) is 11.6 Å². The second-order valence-electron chi connectivity index (χ2n) is 4.26. The zero-order valence-corrected chi connectivity index (χ0v) is 12.2. The molecule has 2 aromatic carbocycles. The Kier molecular flexibility index (Phi) is 4.00. The van der Waals surface area contributed by atoms with Crippen molar-refractivity contribution in [1.29, 1.82) is 0 Å². The molecule has 0 saturated heterocycles. The molecule has 0 unspecified atom stereocenters. The normalized spacial score (nSPS) is 10.3. The van der Waals surface area contributed by atoms with E-state index in [0.29, 0.717) is 11.3 Å². The molecule has 0 aliphatic rings. The molecular formula is C15H13BrFNO. The molecule has 4 heteroatoms. The molecule has 0 saturated carbocycles. The van der Waals surface area contributed by atoms with Crippen LogP contribution >= 0.6 is 15.9 Å². The molecule has 0 N–H and O–H groups in total. The number of Topliss-reactive ketones (excluding diaryl/α,β-unsaturated/α-hetero) is 1. The van der Waals surface area contributed by atoms with Gasteiger partial charge in [0.25, 0.3) is 0 Å². The van der Waals surface area contributed by atoms with Gasteiger partial charge >= 0.3 is 0 Å². The van der Waals surface area contributed by atoms with Gasteiger partial charge in [0, 0.05) is 22.8 Å². The molecule has 0 fully saturated rings. The first kappa shape index (κ1) is 13.7. The Morgan fingerprint density at radius 3 is 2.58 bits per heavy atom. The number of benzene rings is 2. The first-order chi connectivity index (χ1) is 8.99. The predicted molar refractivity (Wildman–Crippen MR) is 78.6 cm³/mol. The number of hydrogen-bond donors (Lipinski definition) is 0. The lowest BCUT2D eigenvalue weighted by Gasteiger charge is -2.22. The van der Waals surface area contributed by atoms with Crippen LogP contribution in [0.15, 0.2) is 46.9 Å². The van der Waals surface area contributed by atoms with Crippen molar-refractivity contribution in [2.75, 3.05) is 11.9 Å². The van der Waals surface area contributed by atoms with E-state index < -0.39 is 0 Å². The van der Waals surface area contributed by atoms with E-state index in [0.717, 1.165) is 10.2 Å². The Labute approximate surface area is 120 Å². The number of rotatable bonds is 3. The lowest BCUT2D eigenvalue weighted by molar-refractivity contribution is 0.101. The summed E-state index contributed by atoms with van der Waals surface area (Å²) in [6, 6.07) is 11.7. The molecule has 0 radical (unpaired) electrons. The van der Waals surface area contributed by atoms with Crippen molar-refractivity contribution in [3.8, 4) is 0 Å². The van der Waals surface area contributed by atoms with Gasteiger partial charge in [0.1, 0.15) is 5.82 Å². The summed E-state index contributed by atoms with van der Waals surface area (Å²) in [5.41, 5.74) is 2.04. The van der Waals surface area contributed by atoms with Gasteiger partial charge in [0.15, 0.2) is 5.78 Å². The van der Waals surface area contributed by atoms with Gasteiger partial charge in [-0.05, 0) is 43.3 Å². The SMILES string of the molecule is CC(=O)c1ccc(Br)cc1N(C)c1cccc(F)c1. The summed E-state index contributed by atoms with van der Waals surface area (Å²) in [6.07, 6.45) is 0. The third-order valence-corrected chi connectivity index (χ3v) is 3.39. The number of anilines is 2. The van der Waals surface area contributed by atoms with Gasteiger partial charge in [0.2, 0.25) is 0 Å². The highest BCUT2D eigenvalue weighted by molar-refractivity contribution is 9.10. The molecule has 0 heterocycles. The molecule has 2 aromatic rings. The van der Waals surface area contributed by atoms with Crippen LogP contribution in [0.3, 0.4) is 0 Å². The summed E-state index contributed by atoms with van der Waals surface area (Å²) in [5, 5.41) is 0. The number of halogens is 2. The minimum atomic E-state index is -0.302. The topological polar surface area (TPSA) is 20.3 Å². The number of carbonyl (C=O) groups is 1. The maximum Gasteiger partial charge on any atom is 0.161 e. The molecular weight excluding hydrogens is 309 g/mol. The van der Waals surface area contributed by atoms with E-state index in [9.17, 15) is 9.18 Å². The van der Waals surface area contributed by atoms with Gasteiger partial charge in [0.05, 0.1) is 5.69 Å². The molecule has 0 aliphatic carbocycles. The van der Waals surface area contributed by atoms with Crippen molar-refractivity contribution in [3.63, 3.8) is 0 Å². The molecule has 0 aliphatic heterocycles. The Bertz CT molecular complexity index is 627. The summed E-state index contributed by atoms with van der Waals surface area (Å²) in [6.45, 7) is 1.52. The maximum atomic E-state index is 13.3. The van der Waals surface area contributed by atoms with Gasteiger partial charge in [-0.15, -0.1) is 0 Å². The van der Waals surface area contributed by atoms with Crippen LogP contribution in [0, 0.1) is 5.82 Å². The molecule has 0 amide bonds. The Morgan fingerprint density at radius 2 is 1.95 bits per heavy atom. The average Bonchev–Trinajstić information content (AvgIpc) is 2.37. The van der Waals surface area contributed by atoms with Crippen LogP contribution in [0.1, 0.15) is 17.3 Å². The van der Waals surface area contributed by atoms with Crippen LogP contribution in [0.4, 0.5) is 15.8 Å². The summed E-state index contributed by atoms with van der Waals surface area (Å²) in [7, 11) is 1.81. The average molecular weight is 322 g/mol. The van der Waals surface area contributed by atoms with Crippen molar-refractivity contribution >= 4 is 33.1 Å². The van der Waals surface area contributed by atoms with Crippen molar-refractivity contribution < 1.29 is 9.18 Å². The van der Waals surface area contributed by atoms with Crippen molar-refractivity contribution in [2.45, 2.75) is 6.92 Å². The second kappa shape index (κ2) is 5.53. The molecule has 2 nitrogen and oxygen atoms in total. The number of nitrogens with zero attached hydrogens (tertiary/aromatic N) is 1. The molecule has 0 spiro atoms. The van der Waals surface area contributed by atoms with Crippen LogP contribution in [0.5, 0.6) is 0 Å². The quantitative estimate of drug-likeness (QED) is 0.772. The lowest BCUT2D eigenvalue weighted by atomic mass is 10.1. The highest BCUT2D eigenvalue weighted by atomic mass is 79.9. The van der Waals surface area contributed by atoms with Crippen LogP contribution in [-0.4, -0.2) is 12.8 Å². The van der Waals surface area contributed by atoms with Crippen LogP contribution in [0.25, 0.3) is 0 Å². The monoisotopic (exact) mass is 321 g/mol. The zero-order valence-electron chi connectivity index (χ0n) is 10.7. The number of carbonyl (C=O) groups excluding carboxylic acids is 1. The van der Waals surface area contributed by atoms with E-state index >= 15 is 0 Å². The van der Waals surface area contributed by atoms with Gasteiger partial charge in [-0.3, -0.25) is 4.79 Å². The standard InChI is InChI=1S/C15H13BrFNO/c1-10(19)14-7-6-11(16)8-15(14)18(2)13-5-3-4-12(17)9-13/h3-9H,1-2H3. The summed E-state index contributed by atoms with van der Waals surface area (Å²) in [4.78, 5) is 13.5. The molecule has 98 valence electrons. The van der Waals surface area contributed by atoms with Gasteiger partial charge < -0.3 is 4.90 Å². The molecule has 0 aromatic heterocycles. The fraction of sp³-hybridized carbons (Fsp3) is 0.133. The van der Waals surface area contributed by atoms with Crippen molar-refractivity contribution in [2.24, 2.45) is 0 Å². The third kappa shape index (κ3) is 3.01. The smallest absolute Gasteiger partial charge is 0.161 e. The van der Waals surface area contributed by atoms with E-state index in [4.69, 9.17) is 0 Å². The van der Waals surface area contributed by atoms with E-state index in [1.54, 1.807) is 23.1 Å². The number of hydrogen-bond acceptors (Lipinski definition) is 2. The Hall–Kier alpha value is -1.68. The molecule has 2 rings (SSSR count). The van der Waals surface area contributed by atoms with Crippen LogP contribution in [-0.2, 0) is 0 Å². The second-order valence-corrected chi connectivity index (χ2v) is 5.17.